The predicted octanol–water partition coefficient (Wildman–Crippen LogP) is 2.05. The van der Waals surface area contributed by atoms with Crippen LogP contribution in [0.2, 0.25) is 0 Å². The number of nitrogens with two attached hydrogens (primary N) is 1. The standard InChI is InChI=1S/C12H16FN3O2/c1-8-7-9(14)5-6-15(8)12-10(13)3-2-4-11(12)16(17)18/h2-4,8-9H,5-7,14H2,1H3. The molecule has 0 aromatic heterocycles. The van der Waals surface area contributed by atoms with Crippen LogP contribution in [0.4, 0.5) is 15.8 Å². The van der Waals surface area contributed by atoms with Gasteiger partial charge in [-0.05, 0) is 25.8 Å². The Hall–Kier alpha value is -1.69. The molecule has 2 rings (SSSR count). The first-order valence-corrected chi connectivity index (χ1v) is 5.96. The normalized spacial score (nSPS) is 24.1. The number of anilines is 1. The van der Waals surface area contributed by atoms with E-state index in [1.165, 1.54) is 18.2 Å². The van der Waals surface area contributed by atoms with E-state index in [4.69, 9.17) is 5.73 Å². The van der Waals surface area contributed by atoms with Crippen LogP contribution < -0.4 is 10.6 Å². The molecular weight excluding hydrogens is 237 g/mol. The highest BCUT2D eigenvalue weighted by molar-refractivity contribution is 5.64. The summed E-state index contributed by atoms with van der Waals surface area (Å²) < 4.78 is 13.9. The minimum absolute atomic E-state index is 0.00403. The largest absolute Gasteiger partial charge is 0.361 e. The number of nitrogens with zero attached hydrogens (tertiary/aromatic N) is 2. The van der Waals surface area contributed by atoms with Crippen molar-refractivity contribution in [2.24, 2.45) is 5.73 Å². The number of piperidine rings is 1. The van der Waals surface area contributed by atoms with Crippen molar-refractivity contribution in [3.8, 4) is 0 Å². The van der Waals surface area contributed by atoms with Gasteiger partial charge in [-0.15, -0.1) is 0 Å². The molecule has 1 aliphatic rings. The maximum absolute atomic E-state index is 13.9. The Bertz CT molecular complexity index is 467. The second-order valence-electron chi connectivity index (χ2n) is 4.69. The van der Waals surface area contributed by atoms with Crippen molar-refractivity contribution in [1.29, 1.82) is 0 Å². The van der Waals surface area contributed by atoms with Crippen molar-refractivity contribution in [2.75, 3.05) is 11.4 Å². The Labute approximate surface area is 105 Å². The van der Waals surface area contributed by atoms with Gasteiger partial charge in [0, 0.05) is 24.7 Å². The number of rotatable bonds is 2. The van der Waals surface area contributed by atoms with E-state index < -0.39 is 10.7 Å². The van der Waals surface area contributed by atoms with Crippen LogP contribution in [0, 0.1) is 15.9 Å². The fraction of sp³-hybridized carbons (Fsp3) is 0.500. The van der Waals surface area contributed by atoms with Crippen LogP contribution in [0.3, 0.4) is 0 Å². The van der Waals surface area contributed by atoms with Gasteiger partial charge in [-0.3, -0.25) is 10.1 Å². The van der Waals surface area contributed by atoms with Gasteiger partial charge in [0.05, 0.1) is 4.92 Å². The number of nitro benzene ring substituents is 1. The molecule has 1 aromatic carbocycles. The van der Waals surface area contributed by atoms with Crippen molar-refractivity contribution >= 4 is 11.4 Å². The summed E-state index contributed by atoms with van der Waals surface area (Å²) in [4.78, 5) is 12.2. The summed E-state index contributed by atoms with van der Waals surface area (Å²) in [5, 5.41) is 11.0. The summed E-state index contributed by atoms with van der Waals surface area (Å²) in [5.41, 5.74) is 5.75. The van der Waals surface area contributed by atoms with Crippen molar-refractivity contribution in [3.63, 3.8) is 0 Å². The Balaban J connectivity index is 2.41. The molecular formula is C12H16FN3O2. The van der Waals surface area contributed by atoms with Crippen LogP contribution in [0.25, 0.3) is 0 Å². The minimum Gasteiger partial charge on any atom is -0.361 e. The van der Waals surface area contributed by atoms with Gasteiger partial charge in [-0.2, -0.15) is 0 Å². The van der Waals surface area contributed by atoms with Gasteiger partial charge in [-0.1, -0.05) is 6.07 Å². The molecule has 1 heterocycles. The molecule has 1 fully saturated rings. The molecule has 0 saturated carbocycles. The molecule has 1 saturated heterocycles. The SMILES string of the molecule is CC1CC(N)CCN1c1c(F)cccc1[N+](=O)[O-]. The number of nitro groups is 1. The van der Waals surface area contributed by atoms with Crippen molar-refractivity contribution in [1.82, 2.24) is 0 Å². The zero-order chi connectivity index (χ0) is 13.3. The lowest BCUT2D eigenvalue weighted by Gasteiger charge is -2.37. The van der Waals surface area contributed by atoms with E-state index in [1.54, 1.807) is 4.90 Å². The fourth-order valence-electron chi connectivity index (χ4n) is 2.48. The predicted molar refractivity (Wildman–Crippen MR) is 67.1 cm³/mol. The number of halogens is 1. The monoisotopic (exact) mass is 253 g/mol. The van der Waals surface area contributed by atoms with Crippen LogP contribution >= 0.6 is 0 Å². The molecule has 2 unspecified atom stereocenters. The lowest BCUT2D eigenvalue weighted by atomic mass is 9.98. The van der Waals surface area contributed by atoms with Crippen molar-refractivity contribution < 1.29 is 9.31 Å². The highest BCUT2D eigenvalue weighted by Gasteiger charge is 2.30. The summed E-state index contributed by atoms with van der Waals surface area (Å²) in [6.07, 6.45) is 1.43. The molecule has 2 N–H and O–H groups in total. The Kier molecular flexibility index (Phi) is 3.47. The van der Waals surface area contributed by atoms with Crippen LogP contribution in [0.5, 0.6) is 0 Å². The van der Waals surface area contributed by atoms with Crippen LogP contribution in [-0.4, -0.2) is 23.6 Å². The minimum atomic E-state index is -0.550. The summed E-state index contributed by atoms with van der Waals surface area (Å²) in [5.74, 6) is -0.550. The molecule has 0 radical (unpaired) electrons. The van der Waals surface area contributed by atoms with E-state index in [2.05, 4.69) is 0 Å². The third-order valence-electron chi connectivity index (χ3n) is 3.37. The van der Waals surface area contributed by atoms with Crippen molar-refractivity contribution in [3.05, 3.63) is 34.1 Å². The maximum atomic E-state index is 13.9. The first kappa shape index (κ1) is 12.8. The van der Waals surface area contributed by atoms with E-state index >= 15 is 0 Å². The third kappa shape index (κ3) is 2.28. The average molecular weight is 253 g/mol. The molecule has 5 nitrogen and oxygen atoms in total. The number of benzene rings is 1. The Morgan fingerprint density at radius 1 is 1.56 bits per heavy atom. The smallest absolute Gasteiger partial charge is 0.295 e. The molecule has 0 bridgehead atoms. The summed E-state index contributed by atoms with van der Waals surface area (Å²) >= 11 is 0. The lowest BCUT2D eigenvalue weighted by molar-refractivity contribution is -0.384. The van der Waals surface area contributed by atoms with Gasteiger partial charge in [-0.25, -0.2) is 4.39 Å². The second kappa shape index (κ2) is 4.89. The summed E-state index contributed by atoms with van der Waals surface area (Å²) in [6, 6.07) is 4.03. The van der Waals surface area contributed by atoms with E-state index in [1.807, 2.05) is 6.92 Å². The Morgan fingerprint density at radius 3 is 2.89 bits per heavy atom. The summed E-state index contributed by atoms with van der Waals surface area (Å²) in [6.45, 7) is 2.46. The second-order valence-corrected chi connectivity index (χ2v) is 4.69. The lowest BCUT2D eigenvalue weighted by Crippen LogP contribution is -2.46. The molecule has 0 spiro atoms. The van der Waals surface area contributed by atoms with Crippen LogP contribution in [0.15, 0.2) is 18.2 Å². The Morgan fingerprint density at radius 2 is 2.28 bits per heavy atom. The third-order valence-corrected chi connectivity index (χ3v) is 3.37. The van der Waals surface area contributed by atoms with E-state index in [9.17, 15) is 14.5 Å². The first-order valence-electron chi connectivity index (χ1n) is 5.96. The van der Waals surface area contributed by atoms with Crippen LogP contribution in [0.1, 0.15) is 19.8 Å². The molecule has 2 atom stereocenters. The molecule has 1 aromatic rings. The number of hydrogen-bond donors (Lipinski definition) is 1. The van der Waals surface area contributed by atoms with Gasteiger partial charge in [0.25, 0.3) is 5.69 Å². The molecule has 1 aliphatic heterocycles. The van der Waals surface area contributed by atoms with E-state index in [0.29, 0.717) is 13.0 Å². The van der Waals surface area contributed by atoms with Gasteiger partial charge < -0.3 is 10.6 Å². The van der Waals surface area contributed by atoms with Crippen molar-refractivity contribution in [2.45, 2.75) is 31.8 Å². The maximum Gasteiger partial charge on any atom is 0.295 e. The zero-order valence-corrected chi connectivity index (χ0v) is 10.2. The highest BCUT2D eigenvalue weighted by Crippen LogP contribution is 2.34. The number of hydrogen-bond acceptors (Lipinski definition) is 4. The zero-order valence-electron chi connectivity index (χ0n) is 10.2. The molecule has 0 aliphatic carbocycles. The molecule has 18 heavy (non-hydrogen) atoms. The van der Waals surface area contributed by atoms with Gasteiger partial charge >= 0.3 is 0 Å². The molecule has 98 valence electrons. The van der Waals surface area contributed by atoms with Gasteiger partial charge in [0.1, 0.15) is 0 Å². The van der Waals surface area contributed by atoms with E-state index in [0.717, 1.165) is 6.42 Å². The van der Waals surface area contributed by atoms with Crippen LogP contribution in [-0.2, 0) is 0 Å². The average Bonchev–Trinajstić information content (AvgIpc) is 2.29. The molecule has 0 amide bonds. The van der Waals surface area contributed by atoms with E-state index in [-0.39, 0.29) is 23.5 Å². The quantitative estimate of drug-likeness (QED) is 0.646. The molecule has 6 heteroatoms. The number of para-hydroxylation sites is 1. The highest BCUT2D eigenvalue weighted by atomic mass is 19.1. The van der Waals surface area contributed by atoms with Gasteiger partial charge in [0.15, 0.2) is 11.5 Å². The van der Waals surface area contributed by atoms with Gasteiger partial charge in [0.2, 0.25) is 0 Å². The summed E-state index contributed by atoms with van der Waals surface area (Å²) in [7, 11) is 0. The fourth-order valence-corrected chi connectivity index (χ4v) is 2.48. The topological polar surface area (TPSA) is 72.4 Å². The first-order chi connectivity index (χ1) is 8.50.